The smallest absolute Gasteiger partial charge is 0.226 e. The Kier molecular flexibility index (Phi) is 3.82. The van der Waals surface area contributed by atoms with E-state index in [-0.39, 0.29) is 12.3 Å². The fourth-order valence-corrected chi connectivity index (χ4v) is 2.58. The number of rotatable bonds is 4. The van der Waals surface area contributed by atoms with Crippen LogP contribution < -0.4 is 0 Å². The third-order valence-electron chi connectivity index (χ3n) is 4.30. The van der Waals surface area contributed by atoms with Crippen molar-refractivity contribution in [2.75, 3.05) is 7.05 Å². The molecule has 1 aliphatic carbocycles. The van der Waals surface area contributed by atoms with Crippen molar-refractivity contribution in [3.05, 3.63) is 35.9 Å². The first-order valence-corrected chi connectivity index (χ1v) is 6.87. The van der Waals surface area contributed by atoms with Gasteiger partial charge in [0.2, 0.25) is 5.91 Å². The normalized spacial score (nSPS) is 19.3. The van der Waals surface area contributed by atoms with Gasteiger partial charge in [-0.1, -0.05) is 30.3 Å². The minimum absolute atomic E-state index is 0.0169. The van der Waals surface area contributed by atoms with Crippen LogP contribution in [0.5, 0.6) is 0 Å². The SMILES string of the molecule is CN(C(=O)CC(C)(O)c1ccccc1)C1(C#N)CCC1. The average molecular weight is 272 g/mol. The van der Waals surface area contributed by atoms with E-state index in [1.165, 1.54) is 4.90 Å². The summed E-state index contributed by atoms with van der Waals surface area (Å²) in [6.45, 7) is 1.63. The van der Waals surface area contributed by atoms with Crippen molar-refractivity contribution in [2.45, 2.75) is 43.7 Å². The Labute approximate surface area is 119 Å². The lowest BCUT2D eigenvalue weighted by Gasteiger charge is -2.43. The maximum atomic E-state index is 12.3. The number of hydrogen-bond donors (Lipinski definition) is 1. The lowest BCUT2D eigenvalue weighted by atomic mass is 9.76. The predicted octanol–water partition coefficient (Wildman–Crippen LogP) is 2.19. The number of carbonyl (C=O) groups is 1. The van der Waals surface area contributed by atoms with Gasteiger partial charge in [0.1, 0.15) is 5.54 Å². The highest BCUT2D eigenvalue weighted by molar-refractivity contribution is 5.78. The molecule has 20 heavy (non-hydrogen) atoms. The number of aliphatic hydroxyl groups is 1. The molecule has 0 aromatic heterocycles. The van der Waals surface area contributed by atoms with Crippen molar-refractivity contribution in [1.29, 1.82) is 5.26 Å². The zero-order valence-electron chi connectivity index (χ0n) is 12.0. The molecule has 1 saturated carbocycles. The number of hydrogen-bond acceptors (Lipinski definition) is 3. The highest BCUT2D eigenvalue weighted by Crippen LogP contribution is 2.37. The number of benzene rings is 1. The minimum Gasteiger partial charge on any atom is -0.385 e. The van der Waals surface area contributed by atoms with E-state index in [9.17, 15) is 15.2 Å². The molecule has 0 bridgehead atoms. The minimum atomic E-state index is -1.22. The summed E-state index contributed by atoms with van der Waals surface area (Å²) >= 11 is 0. The standard InChI is InChI=1S/C16H20N2O2/c1-15(20,13-7-4-3-5-8-13)11-14(19)18(2)16(12-17)9-6-10-16/h3-5,7-8,20H,6,9-11H2,1-2H3. The van der Waals surface area contributed by atoms with Crippen LogP contribution in [0.2, 0.25) is 0 Å². The van der Waals surface area contributed by atoms with E-state index < -0.39 is 11.1 Å². The Balaban J connectivity index is 2.10. The first-order chi connectivity index (χ1) is 9.41. The molecular weight excluding hydrogens is 252 g/mol. The molecule has 0 saturated heterocycles. The van der Waals surface area contributed by atoms with Crippen LogP contribution in [0.15, 0.2) is 30.3 Å². The van der Waals surface area contributed by atoms with Crippen molar-refractivity contribution in [3.63, 3.8) is 0 Å². The van der Waals surface area contributed by atoms with Crippen molar-refractivity contribution in [2.24, 2.45) is 0 Å². The Morgan fingerprint density at radius 2 is 2.05 bits per heavy atom. The van der Waals surface area contributed by atoms with Gasteiger partial charge < -0.3 is 10.0 Å². The van der Waals surface area contributed by atoms with Crippen LogP contribution in [0.1, 0.15) is 38.2 Å². The second-order valence-electron chi connectivity index (χ2n) is 5.77. The molecule has 2 rings (SSSR count). The fraction of sp³-hybridized carbons (Fsp3) is 0.500. The monoisotopic (exact) mass is 272 g/mol. The van der Waals surface area contributed by atoms with Crippen LogP contribution in [-0.2, 0) is 10.4 Å². The van der Waals surface area contributed by atoms with Crippen molar-refractivity contribution in [3.8, 4) is 6.07 Å². The zero-order chi connectivity index (χ0) is 14.8. The van der Waals surface area contributed by atoms with E-state index >= 15 is 0 Å². The molecule has 4 heteroatoms. The molecule has 1 amide bonds. The lowest BCUT2D eigenvalue weighted by molar-refractivity contribution is -0.141. The summed E-state index contributed by atoms with van der Waals surface area (Å²) < 4.78 is 0. The molecule has 1 N–H and O–H groups in total. The van der Waals surface area contributed by atoms with Crippen LogP contribution in [-0.4, -0.2) is 28.5 Å². The Hall–Kier alpha value is -1.86. The van der Waals surface area contributed by atoms with E-state index in [4.69, 9.17) is 0 Å². The molecule has 1 aromatic rings. The molecule has 1 atom stereocenters. The van der Waals surface area contributed by atoms with Crippen LogP contribution in [0.25, 0.3) is 0 Å². The molecule has 1 unspecified atom stereocenters. The van der Waals surface area contributed by atoms with Crippen molar-refractivity contribution >= 4 is 5.91 Å². The summed E-state index contributed by atoms with van der Waals surface area (Å²) in [7, 11) is 1.66. The molecule has 1 fully saturated rings. The molecule has 0 spiro atoms. The highest BCUT2D eigenvalue weighted by atomic mass is 16.3. The molecular formula is C16H20N2O2. The molecule has 4 nitrogen and oxygen atoms in total. The fourth-order valence-electron chi connectivity index (χ4n) is 2.58. The van der Waals surface area contributed by atoms with Crippen molar-refractivity contribution in [1.82, 2.24) is 4.90 Å². The van der Waals surface area contributed by atoms with Gasteiger partial charge in [-0.15, -0.1) is 0 Å². The quantitative estimate of drug-likeness (QED) is 0.913. The maximum absolute atomic E-state index is 12.3. The van der Waals surface area contributed by atoms with Gasteiger partial charge in [0, 0.05) is 7.05 Å². The second-order valence-corrected chi connectivity index (χ2v) is 5.77. The first-order valence-electron chi connectivity index (χ1n) is 6.87. The number of nitrogens with zero attached hydrogens (tertiary/aromatic N) is 2. The summed E-state index contributed by atoms with van der Waals surface area (Å²) in [5.41, 5.74) is -1.17. The predicted molar refractivity (Wildman–Crippen MR) is 75.6 cm³/mol. The Morgan fingerprint density at radius 1 is 1.45 bits per heavy atom. The summed E-state index contributed by atoms with van der Waals surface area (Å²) in [4.78, 5) is 13.9. The molecule has 1 aromatic carbocycles. The number of carbonyl (C=O) groups excluding carboxylic acids is 1. The molecule has 0 heterocycles. The van der Waals surface area contributed by atoms with Crippen LogP contribution >= 0.6 is 0 Å². The summed E-state index contributed by atoms with van der Waals surface area (Å²) in [6.07, 6.45) is 2.40. The zero-order valence-corrected chi connectivity index (χ0v) is 12.0. The molecule has 0 aliphatic heterocycles. The van der Waals surface area contributed by atoms with Gasteiger partial charge in [0.25, 0.3) is 0 Å². The van der Waals surface area contributed by atoms with Gasteiger partial charge in [-0.25, -0.2) is 0 Å². The highest BCUT2D eigenvalue weighted by Gasteiger charge is 2.44. The van der Waals surface area contributed by atoms with Gasteiger partial charge in [0.15, 0.2) is 0 Å². The van der Waals surface area contributed by atoms with Gasteiger partial charge in [-0.05, 0) is 31.7 Å². The van der Waals surface area contributed by atoms with E-state index in [1.807, 2.05) is 18.2 Å². The second kappa shape index (κ2) is 5.26. The third-order valence-corrected chi connectivity index (χ3v) is 4.30. The molecule has 1 aliphatic rings. The number of amides is 1. The third kappa shape index (κ3) is 2.54. The van der Waals surface area contributed by atoms with Crippen LogP contribution in [0, 0.1) is 11.3 Å². The summed E-state index contributed by atoms with van der Waals surface area (Å²) in [5.74, 6) is -0.194. The number of nitriles is 1. The van der Waals surface area contributed by atoms with E-state index in [1.54, 1.807) is 26.1 Å². The average Bonchev–Trinajstić information content (AvgIpc) is 2.38. The van der Waals surface area contributed by atoms with Crippen molar-refractivity contribution < 1.29 is 9.90 Å². The Bertz CT molecular complexity index is 527. The van der Waals surface area contributed by atoms with E-state index in [2.05, 4.69) is 6.07 Å². The Morgan fingerprint density at radius 3 is 2.50 bits per heavy atom. The molecule has 0 radical (unpaired) electrons. The van der Waals surface area contributed by atoms with E-state index in [0.717, 1.165) is 19.3 Å². The molecule has 106 valence electrons. The van der Waals surface area contributed by atoms with Crippen LogP contribution in [0.3, 0.4) is 0 Å². The summed E-state index contributed by atoms with van der Waals surface area (Å²) in [5, 5.41) is 19.8. The van der Waals surface area contributed by atoms with Gasteiger partial charge >= 0.3 is 0 Å². The largest absolute Gasteiger partial charge is 0.385 e. The van der Waals surface area contributed by atoms with Gasteiger partial charge in [0.05, 0.1) is 18.1 Å². The first kappa shape index (κ1) is 14.5. The lowest BCUT2D eigenvalue weighted by Crippen LogP contribution is -2.54. The van der Waals surface area contributed by atoms with Gasteiger partial charge in [-0.2, -0.15) is 5.26 Å². The maximum Gasteiger partial charge on any atom is 0.226 e. The topological polar surface area (TPSA) is 64.3 Å². The van der Waals surface area contributed by atoms with Gasteiger partial charge in [-0.3, -0.25) is 4.79 Å². The van der Waals surface area contributed by atoms with Crippen LogP contribution in [0.4, 0.5) is 0 Å². The summed E-state index contributed by atoms with van der Waals surface area (Å²) in [6, 6.07) is 11.4. The van der Waals surface area contributed by atoms with E-state index in [0.29, 0.717) is 5.56 Å².